The van der Waals surface area contributed by atoms with Gasteiger partial charge in [0.1, 0.15) is 24.4 Å². The lowest BCUT2D eigenvalue weighted by molar-refractivity contribution is -0.136. The minimum atomic E-state index is -1.79. The van der Waals surface area contributed by atoms with E-state index in [1.54, 1.807) is 12.5 Å². The summed E-state index contributed by atoms with van der Waals surface area (Å²) in [5.41, 5.74) is 0. The smallest absolute Gasteiger partial charge is 0.151 e. The summed E-state index contributed by atoms with van der Waals surface area (Å²) >= 11 is 0. The minimum absolute atomic E-state index is 0.0258. The predicted octanol–water partition coefficient (Wildman–Crippen LogP) is -3.38. The molecule has 16 heavy (non-hydrogen) atoms. The topological polar surface area (TPSA) is 135 Å². The molecule has 0 aliphatic rings. The molecule has 8 heteroatoms. The SMILES string of the molecule is CS(C)=O.O=C[C@H](O)[C@@H](O)[C@H](O)[C@H](O)CO. The van der Waals surface area contributed by atoms with Crippen LogP contribution < -0.4 is 0 Å². The summed E-state index contributed by atoms with van der Waals surface area (Å²) in [5.74, 6) is 0. The first-order valence-corrected chi connectivity index (χ1v) is 6.28. The van der Waals surface area contributed by atoms with Gasteiger partial charge in [-0.15, -0.1) is 0 Å². The van der Waals surface area contributed by atoms with Crippen molar-refractivity contribution in [3.8, 4) is 0 Å². The Balaban J connectivity index is 0. The fourth-order valence-electron chi connectivity index (χ4n) is 0.618. The van der Waals surface area contributed by atoms with Crippen molar-refractivity contribution in [3.63, 3.8) is 0 Å². The van der Waals surface area contributed by atoms with Crippen LogP contribution in [0.25, 0.3) is 0 Å². The lowest BCUT2D eigenvalue weighted by Crippen LogP contribution is -2.46. The van der Waals surface area contributed by atoms with Crippen molar-refractivity contribution in [3.05, 3.63) is 0 Å². The van der Waals surface area contributed by atoms with Crippen LogP contribution in [0.2, 0.25) is 0 Å². The molecule has 0 aliphatic heterocycles. The van der Waals surface area contributed by atoms with E-state index in [0.29, 0.717) is 0 Å². The van der Waals surface area contributed by atoms with Gasteiger partial charge in [0.25, 0.3) is 0 Å². The number of carbonyl (C=O) groups is 1. The largest absolute Gasteiger partial charge is 0.394 e. The van der Waals surface area contributed by atoms with Gasteiger partial charge in [0.15, 0.2) is 6.29 Å². The van der Waals surface area contributed by atoms with Crippen molar-refractivity contribution >= 4 is 17.1 Å². The molecule has 0 heterocycles. The Kier molecular flexibility index (Phi) is 11.0. The molecule has 4 atom stereocenters. The Morgan fingerprint density at radius 1 is 1.12 bits per heavy atom. The maximum absolute atomic E-state index is 9.90. The maximum atomic E-state index is 9.90. The van der Waals surface area contributed by atoms with Crippen LogP contribution in [0.3, 0.4) is 0 Å². The van der Waals surface area contributed by atoms with E-state index in [4.69, 9.17) is 25.5 Å². The molecule has 0 unspecified atom stereocenters. The van der Waals surface area contributed by atoms with E-state index in [-0.39, 0.29) is 6.29 Å². The molecular formula is C8H18O7S. The standard InChI is InChI=1S/C6H12O6.C2H6OS/c7-1-3(9)5(11)6(12)4(10)2-8;1-4(2)3/h1,3-6,8-12H,2H2;1-2H3/t3-,4+,5+,6+;/m0./s1. The van der Waals surface area contributed by atoms with Crippen LogP contribution in [0.5, 0.6) is 0 Å². The van der Waals surface area contributed by atoms with Gasteiger partial charge in [0.05, 0.1) is 6.61 Å². The lowest BCUT2D eigenvalue weighted by Gasteiger charge is -2.22. The van der Waals surface area contributed by atoms with Crippen LogP contribution in [-0.2, 0) is 15.6 Å². The summed E-state index contributed by atoms with van der Waals surface area (Å²) in [6.45, 7) is -0.760. The first-order valence-electron chi connectivity index (χ1n) is 4.31. The van der Waals surface area contributed by atoms with E-state index in [9.17, 15) is 9.00 Å². The summed E-state index contributed by atoms with van der Waals surface area (Å²) in [6, 6.07) is 0. The molecule has 0 aliphatic carbocycles. The normalized spacial score (nSPS) is 18.0. The third-order valence-corrected chi connectivity index (χ3v) is 1.42. The number of rotatable bonds is 5. The van der Waals surface area contributed by atoms with Crippen LogP contribution in [0.15, 0.2) is 0 Å². The first kappa shape index (κ1) is 18.0. The van der Waals surface area contributed by atoms with Crippen molar-refractivity contribution in [2.45, 2.75) is 24.4 Å². The summed E-state index contributed by atoms with van der Waals surface area (Å²) in [7, 11) is -0.611. The molecule has 98 valence electrons. The van der Waals surface area contributed by atoms with Crippen molar-refractivity contribution in [2.24, 2.45) is 0 Å². The van der Waals surface area contributed by atoms with Crippen LogP contribution in [0.1, 0.15) is 0 Å². The van der Waals surface area contributed by atoms with Crippen molar-refractivity contribution in [2.75, 3.05) is 19.1 Å². The Hall–Kier alpha value is -0.380. The highest BCUT2D eigenvalue weighted by Crippen LogP contribution is 2.02. The average Bonchev–Trinajstić information content (AvgIpc) is 2.24. The molecule has 0 rings (SSSR count). The summed E-state index contributed by atoms with van der Waals surface area (Å²) < 4.78 is 9.56. The van der Waals surface area contributed by atoms with Crippen molar-refractivity contribution < 1.29 is 34.5 Å². The third-order valence-electron chi connectivity index (χ3n) is 1.42. The van der Waals surface area contributed by atoms with E-state index < -0.39 is 41.8 Å². The van der Waals surface area contributed by atoms with Gasteiger partial charge in [0.2, 0.25) is 0 Å². The molecule has 0 saturated carbocycles. The number of aliphatic hydroxyl groups is 5. The van der Waals surface area contributed by atoms with Gasteiger partial charge in [-0.2, -0.15) is 0 Å². The van der Waals surface area contributed by atoms with Gasteiger partial charge in [0, 0.05) is 23.3 Å². The zero-order valence-electron chi connectivity index (χ0n) is 9.05. The number of aldehydes is 1. The molecule has 0 saturated heterocycles. The Bertz CT molecular complexity index is 207. The molecule has 0 radical (unpaired) electrons. The van der Waals surface area contributed by atoms with E-state index in [1.165, 1.54) is 0 Å². The second-order valence-corrected chi connectivity index (χ2v) is 4.58. The molecule has 0 aromatic heterocycles. The number of aliphatic hydroxyl groups excluding tert-OH is 5. The fraction of sp³-hybridized carbons (Fsp3) is 0.875. The summed E-state index contributed by atoms with van der Waals surface area (Å²) in [4.78, 5) is 9.90. The number of carbonyl (C=O) groups excluding carboxylic acids is 1. The zero-order valence-corrected chi connectivity index (χ0v) is 9.87. The summed E-state index contributed by atoms with van der Waals surface area (Å²) in [6.07, 6.45) is -3.56. The van der Waals surface area contributed by atoms with E-state index in [2.05, 4.69) is 0 Å². The average molecular weight is 258 g/mol. The van der Waals surface area contributed by atoms with Crippen molar-refractivity contribution in [1.29, 1.82) is 0 Å². The van der Waals surface area contributed by atoms with Gasteiger partial charge in [-0.1, -0.05) is 0 Å². The highest BCUT2D eigenvalue weighted by atomic mass is 32.2. The quantitative estimate of drug-likeness (QED) is 0.324. The van der Waals surface area contributed by atoms with E-state index in [0.717, 1.165) is 0 Å². The monoisotopic (exact) mass is 258 g/mol. The van der Waals surface area contributed by atoms with Gasteiger partial charge in [-0.3, -0.25) is 4.21 Å². The molecule has 0 aromatic rings. The Morgan fingerprint density at radius 2 is 1.50 bits per heavy atom. The van der Waals surface area contributed by atoms with Gasteiger partial charge >= 0.3 is 0 Å². The lowest BCUT2D eigenvalue weighted by atomic mass is 10.0. The van der Waals surface area contributed by atoms with E-state index in [1.807, 2.05) is 0 Å². The zero-order chi connectivity index (χ0) is 13.3. The Morgan fingerprint density at radius 3 is 1.75 bits per heavy atom. The van der Waals surface area contributed by atoms with Gasteiger partial charge in [-0.05, 0) is 0 Å². The van der Waals surface area contributed by atoms with Crippen molar-refractivity contribution in [1.82, 2.24) is 0 Å². The molecule has 7 nitrogen and oxygen atoms in total. The number of hydrogen-bond donors (Lipinski definition) is 5. The highest BCUT2D eigenvalue weighted by Gasteiger charge is 2.29. The van der Waals surface area contributed by atoms with Crippen LogP contribution >= 0.6 is 0 Å². The second kappa shape index (κ2) is 9.82. The van der Waals surface area contributed by atoms with Crippen LogP contribution in [0.4, 0.5) is 0 Å². The van der Waals surface area contributed by atoms with Gasteiger partial charge in [-0.25, -0.2) is 0 Å². The molecule has 5 N–H and O–H groups in total. The van der Waals surface area contributed by atoms with Crippen LogP contribution in [0, 0.1) is 0 Å². The molecule has 0 amide bonds. The van der Waals surface area contributed by atoms with E-state index >= 15 is 0 Å². The molecule has 0 spiro atoms. The van der Waals surface area contributed by atoms with Gasteiger partial charge < -0.3 is 30.3 Å². The second-order valence-electron chi connectivity index (χ2n) is 3.10. The number of hydrogen-bond acceptors (Lipinski definition) is 7. The fourth-order valence-corrected chi connectivity index (χ4v) is 0.618. The third kappa shape index (κ3) is 8.89. The predicted molar refractivity (Wildman–Crippen MR) is 57.2 cm³/mol. The summed E-state index contributed by atoms with van der Waals surface area (Å²) in [5, 5.41) is 43.5. The Labute approximate surface area is 95.8 Å². The minimum Gasteiger partial charge on any atom is -0.394 e. The molecule has 0 fully saturated rings. The molecule has 0 aromatic carbocycles. The van der Waals surface area contributed by atoms with Crippen LogP contribution in [-0.4, -0.2) is 79.6 Å². The molecule has 0 bridgehead atoms. The maximum Gasteiger partial charge on any atom is 0.151 e. The highest BCUT2D eigenvalue weighted by molar-refractivity contribution is 7.83. The first-order chi connectivity index (χ1) is 7.27. The molecular weight excluding hydrogens is 240 g/mol.